The van der Waals surface area contributed by atoms with Crippen LogP contribution in [0.1, 0.15) is 30.4 Å². The van der Waals surface area contributed by atoms with Crippen LogP contribution in [0.25, 0.3) is 0 Å². The van der Waals surface area contributed by atoms with Gasteiger partial charge >= 0.3 is 5.69 Å². The number of morpholine rings is 1. The van der Waals surface area contributed by atoms with Crippen molar-refractivity contribution in [3.05, 3.63) is 16.3 Å². The van der Waals surface area contributed by atoms with Gasteiger partial charge in [-0.1, -0.05) is 13.3 Å². The summed E-state index contributed by atoms with van der Waals surface area (Å²) in [7, 11) is 0. The first-order valence-corrected chi connectivity index (χ1v) is 5.76. The molecule has 0 aromatic carbocycles. The standard InChI is InChI=1S/C10H16N4O3/c1-2-3-7-6-14(4-5-17-7)9(15)8-11-10(16)13-12-8/h7H,2-6H2,1H3,(H2,11,12,13,16)/t7-/m1/s1. The van der Waals surface area contributed by atoms with E-state index < -0.39 is 5.69 Å². The highest BCUT2D eigenvalue weighted by molar-refractivity contribution is 5.90. The summed E-state index contributed by atoms with van der Waals surface area (Å²) in [5.41, 5.74) is -0.466. The van der Waals surface area contributed by atoms with Gasteiger partial charge < -0.3 is 9.64 Å². The fourth-order valence-corrected chi connectivity index (χ4v) is 1.92. The lowest BCUT2D eigenvalue weighted by Crippen LogP contribution is -2.46. The fraction of sp³-hybridized carbons (Fsp3) is 0.700. The van der Waals surface area contributed by atoms with E-state index >= 15 is 0 Å². The maximum Gasteiger partial charge on any atom is 0.341 e. The van der Waals surface area contributed by atoms with E-state index in [4.69, 9.17) is 4.74 Å². The van der Waals surface area contributed by atoms with Crippen LogP contribution < -0.4 is 5.69 Å². The Bertz CT molecular complexity index is 437. The monoisotopic (exact) mass is 240 g/mol. The molecule has 0 aliphatic carbocycles. The molecule has 0 radical (unpaired) electrons. The lowest BCUT2D eigenvalue weighted by molar-refractivity contribution is -0.0254. The Morgan fingerprint density at radius 2 is 2.47 bits per heavy atom. The van der Waals surface area contributed by atoms with E-state index in [1.54, 1.807) is 4.90 Å². The molecule has 1 aliphatic rings. The number of H-pyrrole nitrogens is 2. The van der Waals surface area contributed by atoms with E-state index in [2.05, 4.69) is 22.1 Å². The number of aromatic nitrogens is 3. The minimum absolute atomic E-state index is 0.0622. The normalized spacial score (nSPS) is 20.5. The zero-order chi connectivity index (χ0) is 12.3. The van der Waals surface area contributed by atoms with Crippen LogP contribution in [-0.2, 0) is 4.74 Å². The highest BCUT2D eigenvalue weighted by Crippen LogP contribution is 2.11. The van der Waals surface area contributed by atoms with Crippen molar-refractivity contribution in [1.82, 2.24) is 20.1 Å². The number of ether oxygens (including phenoxy) is 1. The van der Waals surface area contributed by atoms with Crippen LogP contribution in [0, 0.1) is 0 Å². The first-order valence-electron chi connectivity index (χ1n) is 5.76. The average Bonchev–Trinajstić information content (AvgIpc) is 2.76. The molecule has 17 heavy (non-hydrogen) atoms. The summed E-state index contributed by atoms with van der Waals surface area (Å²) in [5, 5.41) is 5.82. The zero-order valence-corrected chi connectivity index (χ0v) is 9.73. The van der Waals surface area contributed by atoms with Crippen LogP contribution in [0.3, 0.4) is 0 Å². The Morgan fingerprint density at radius 3 is 3.12 bits per heavy atom. The van der Waals surface area contributed by atoms with Gasteiger partial charge in [0.05, 0.1) is 12.7 Å². The highest BCUT2D eigenvalue weighted by atomic mass is 16.5. The molecule has 0 unspecified atom stereocenters. The molecular weight excluding hydrogens is 224 g/mol. The van der Waals surface area contributed by atoms with E-state index in [9.17, 15) is 9.59 Å². The molecule has 2 N–H and O–H groups in total. The van der Waals surface area contributed by atoms with Crippen LogP contribution in [0.15, 0.2) is 4.79 Å². The number of hydrogen-bond donors (Lipinski definition) is 2. The molecule has 0 spiro atoms. The van der Waals surface area contributed by atoms with E-state index in [1.807, 2.05) is 0 Å². The summed E-state index contributed by atoms with van der Waals surface area (Å²) in [5.74, 6) is -0.195. The Kier molecular flexibility index (Phi) is 3.58. The van der Waals surface area contributed by atoms with Crippen LogP contribution in [0.2, 0.25) is 0 Å². The van der Waals surface area contributed by atoms with E-state index in [-0.39, 0.29) is 17.8 Å². The van der Waals surface area contributed by atoms with Gasteiger partial charge in [0.15, 0.2) is 0 Å². The van der Waals surface area contributed by atoms with Crippen molar-refractivity contribution in [2.75, 3.05) is 19.7 Å². The van der Waals surface area contributed by atoms with Gasteiger partial charge in [0.1, 0.15) is 0 Å². The third-order valence-corrected chi connectivity index (χ3v) is 2.74. The molecule has 0 saturated carbocycles. The quantitative estimate of drug-likeness (QED) is 0.761. The van der Waals surface area contributed by atoms with Crippen LogP contribution in [-0.4, -0.2) is 51.8 Å². The van der Waals surface area contributed by atoms with Crippen molar-refractivity contribution < 1.29 is 9.53 Å². The number of hydrogen-bond acceptors (Lipinski definition) is 4. The van der Waals surface area contributed by atoms with E-state index in [1.165, 1.54) is 0 Å². The molecule has 7 heteroatoms. The molecule has 2 rings (SSSR count). The van der Waals surface area contributed by atoms with Gasteiger partial charge in [-0.25, -0.2) is 9.89 Å². The van der Waals surface area contributed by atoms with Crippen molar-refractivity contribution in [2.24, 2.45) is 0 Å². The second kappa shape index (κ2) is 5.13. The number of carbonyl (C=O) groups is 1. The smallest absolute Gasteiger partial charge is 0.341 e. The molecule has 1 atom stereocenters. The number of nitrogens with one attached hydrogen (secondary N) is 2. The van der Waals surface area contributed by atoms with Gasteiger partial charge in [0, 0.05) is 13.1 Å². The Labute approximate surface area is 98.2 Å². The van der Waals surface area contributed by atoms with E-state index in [0.717, 1.165) is 12.8 Å². The third-order valence-electron chi connectivity index (χ3n) is 2.74. The molecule has 1 aromatic rings. The van der Waals surface area contributed by atoms with Crippen molar-refractivity contribution in [3.8, 4) is 0 Å². The molecule has 1 fully saturated rings. The zero-order valence-electron chi connectivity index (χ0n) is 9.73. The summed E-state index contributed by atoms with van der Waals surface area (Å²) < 4.78 is 5.55. The number of rotatable bonds is 3. The first-order chi connectivity index (χ1) is 8.20. The van der Waals surface area contributed by atoms with Gasteiger partial charge in [-0.05, 0) is 6.42 Å². The second-order valence-corrected chi connectivity index (χ2v) is 4.06. The second-order valence-electron chi connectivity index (χ2n) is 4.06. The SMILES string of the molecule is CCC[C@@H]1CN(C(=O)c2n[nH]c(=O)[nH]2)CCO1. The van der Waals surface area contributed by atoms with Crippen molar-refractivity contribution >= 4 is 5.91 Å². The van der Waals surface area contributed by atoms with Gasteiger partial charge in [-0.15, -0.1) is 5.10 Å². The predicted octanol–water partition coefficient (Wildman–Crippen LogP) is -0.261. The summed E-state index contributed by atoms with van der Waals surface area (Å²) in [6.45, 7) is 3.70. The minimum atomic E-state index is -0.466. The van der Waals surface area contributed by atoms with Gasteiger partial charge in [0.2, 0.25) is 5.82 Å². The Balaban J connectivity index is 2.02. The molecule has 1 amide bonds. The number of amides is 1. The minimum Gasteiger partial charge on any atom is -0.375 e. The van der Waals surface area contributed by atoms with Crippen molar-refractivity contribution in [2.45, 2.75) is 25.9 Å². The van der Waals surface area contributed by atoms with Crippen molar-refractivity contribution in [1.29, 1.82) is 0 Å². The van der Waals surface area contributed by atoms with Crippen LogP contribution >= 0.6 is 0 Å². The molecule has 1 saturated heterocycles. The van der Waals surface area contributed by atoms with Gasteiger partial charge in [0.25, 0.3) is 5.91 Å². The molecule has 1 aromatic heterocycles. The van der Waals surface area contributed by atoms with Crippen LogP contribution in [0.4, 0.5) is 0 Å². The molecule has 2 heterocycles. The van der Waals surface area contributed by atoms with Crippen LogP contribution in [0.5, 0.6) is 0 Å². The fourth-order valence-electron chi connectivity index (χ4n) is 1.92. The summed E-state index contributed by atoms with van der Waals surface area (Å²) in [4.78, 5) is 26.9. The predicted molar refractivity (Wildman–Crippen MR) is 59.8 cm³/mol. The lowest BCUT2D eigenvalue weighted by Gasteiger charge is -2.32. The summed E-state index contributed by atoms with van der Waals surface area (Å²) in [6, 6.07) is 0. The lowest BCUT2D eigenvalue weighted by atomic mass is 10.1. The van der Waals surface area contributed by atoms with E-state index in [0.29, 0.717) is 19.7 Å². The van der Waals surface area contributed by atoms with Gasteiger partial charge in [-0.2, -0.15) is 0 Å². The summed E-state index contributed by atoms with van der Waals surface area (Å²) in [6.07, 6.45) is 2.04. The largest absolute Gasteiger partial charge is 0.375 e. The number of nitrogens with zero attached hydrogens (tertiary/aromatic N) is 2. The average molecular weight is 240 g/mol. The molecule has 7 nitrogen and oxygen atoms in total. The van der Waals surface area contributed by atoms with Gasteiger partial charge in [-0.3, -0.25) is 9.78 Å². The first kappa shape index (κ1) is 11.8. The molecular formula is C10H16N4O3. The topological polar surface area (TPSA) is 91.1 Å². The van der Waals surface area contributed by atoms with Crippen molar-refractivity contribution in [3.63, 3.8) is 0 Å². The highest BCUT2D eigenvalue weighted by Gasteiger charge is 2.26. The number of aromatic amines is 2. The molecule has 1 aliphatic heterocycles. The molecule has 0 bridgehead atoms. The maximum atomic E-state index is 12.0. The molecule has 94 valence electrons. The third kappa shape index (κ3) is 2.73. The summed E-state index contributed by atoms with van der Waals surface area (Å²) >= 11 is 0. The maximum absolute atomic E-state index is 12.0. The number of carbonyl (C=O) groups excluding carboxylic acids is 1. The Morgan fingerprint density at radius 1 is 1.65 bits per heavy atom. The Hall–Kier alpha value is -1.63.